The second kappa shape index (κ2) is 41.0. The van der Waals surface area contributed by atoms with E-state index in [0.29, 0.717) is 17.6 Å². The number of fused-ring (bicyclic) bond motifs is 1. The van der Waals surface area contributed by atoms with E-state index in [1.54, 1.807) is 0 Å². The molecule has 17 atom stereocenters. The summed E-state index contributed by atoms with van der Waals surface area (Å²) >= 11 is 0. The summed E-state index contributed by atoms with van der Waals surface area (Å²) in [6.07, 6.45) is -9.43. The van der Waals surface area contributed by atoms with Gasteiger partial charge in [-0.2, -0.15) is 0 Å². The van der Waals surface area contributed by atoms with Gasteiger partial charge in [0.1, 0.15) is 86.3 Å². The number of hydrogen-bond acceptors (Lipinski definition) is 18. The van der Waals surface area contributed by atoms with Gasteiger partial charge in [0.05, 0.1) is 89.2 Å². The SMILES string of the molecule is CCCCCCCCO[C@@H]1O[C@H](COCc2ccccc2)[C@@H](O[C@@H]2O[C@@H]3COC(c4ccccc4)O[C@H]3[C@H](O[C@@H]3O[C@H](COP([O-])OCC[N+](C)(C)C)[C@@H](OCc4ccccc4)[C@H](OCc4ccccc4)[C@H]3NC(C)=O)[C@@H]2OCc2ccccc2)[C@H](OCc2ccccc2)[C@H]1OCc1ccccc1. The normalized spacial score (nSPS) is 26.8. The summed E-state index contributed by atoms with van der Waals surface area (Å²) in [5.74, 6) is -0.409. The minimum absolute atomic E-state index is 0.00169. The van der Waals surface area contributed by atoms with Gasteiger partial charge >= 0.3 is 0 Å². The van der Waals surface area contributed by atoms with Crippen LogP contribution in [0.15, 0.2) is 212 Å². The second-order valence-corrected chi connectivity index (χ2v) is 28.5. The van der Waals surface area contributed by atoms with Crippen LogP contribution in [0.3, 0.4) is 0 Å². The summed E-state index contributed by atoms with van der Waals surface area (Å²) in [7, 11) is 3.38. The van der Waals surface area contributed by atoms with Crippen molar-refractivity contribution in [2.24, 2.45) is 0 Å². The molecule has 0 aliphatic carbocycles. The fourth-order valence-corrected chi connectivity index (χ4v) is 13.6. The minimum Gasteiger partial charge on any atom is -0.786 e. The quantitative estimate of drug-likeness (QED) is 0.0216. The van der Waals surface area contributed by atoms with E-state index in [1.807, 2.05) is 233 Å². The molecule has 0 saturated carbocycles. The number of quaternary nitrogens is 1. The molecule has 4 aliphatic heterocycles. The summed E-state index contributed by atoms with van der Waals surface area (Å²) in [5, 5.41) is 3.19. The lowest BCUT2D eigenvalue weighted by atomic mass is 9.93. The molecule has 1 N–H and O–H groups in total. The van der Waals surface area contributed by atoms with Crippen molar-refractivity contribution in [2.75, 3.05) is 60.7 Å². The number of hydrogen-bond donors (Lipinski definition) is 1. The summed E-state index contributed by atoms with van der Waals surface area (Å²) < 4.78 is 113. The van der Waals surface area contributed by atoms with Crippen molar-refractivity contribution in [1.82, 2.24) is 5.32 Å². The van der Waals surface area contributed by atoms with Crippen molar-refractivity contribution in [3.05, 3.63) is 251 Å². The molecular weight excluding hydrogens is 1330 g/mol. The highest BCUT2D eigenvalue weighted by Gasteiger charge is 2.59. The number of nitrogens with zero attached hydrogens (tertiary/aromatic N) is 1. The Bertz CT molecular complexity index is 3470. The molecule has 103 heavy (non-hydrogen) atoms. The molecule has 2 unspecified atom stereocenters. The van der Waals surface area contributed by atoms with Crippen LogP contribution in [0.25, 0.3) is 0 Å². The summed E-state index contributed by atoms with van der Waals surface area (Å²) in [6, 6.07) is 67.6. The lowest BCUT2D eigenvalue weighted by molar-refractivity contribution is -0.870. The molecule has 20 nitrogen and oxygen atoms in total. The summed E-state index contributed by atoms with van der Waals surface area (Å²) in [6.45, 7) is 5.33. The van der Waals surface area contributed by atoms with E-state index >= 15 is 0 Å². The predicted molar refractivity (Wildman–Crippen MR) is 386 cm³/mol. The van der Waals surface area contributed by atoms with E-state index < -0.39 is 113 Å². The molecule has 11 rings (SSSR count). The highest BCUT2D eigenvalue weighted by Crippen LogP contribution is 2.42. The van der Waals surface area contributed by atoms with Crippen molar-refractivity contribution in [3.63, 3.8) is 0 Å². The number of nitrogens with one attached hydrogen (secondary N) is 1. The lowest BCUT2D eigenvalue weighted by Gasteiger charge is -2.53. The van der Waals surface area contributed by atoms with Crippen LogP contribution in [0, 0.1) is 0 Å². The summed E-state index contributed by atoms with van der Waals surface area (Å²) in [5.41, 5.74) is 6.11. The van der Waals surface area contributed by atoms with Gasteiger partial charge in [-0.25, -0.2) is 0 Å². The number of rotatable bonds is 40. The Morgan fingerprint density at radius 3 is 1.43 bits per heavy atom. The van der Waals surface area contributed by atoms with Crippen LogP contribution in [0.2, 0.25) is 0 Å². The monoisotopic (exact) mass is 1430 g/mol. The van der Waals surface area contributed by atoms with E-state index in [2.05, 4.69) is 12.2 Å². The number of unbranched alkanes of at least 4 members (excludes halogenated alkanes) is 5. The van der Waals surface area contributed by atoms with Crippen LogP contribution < -0.4 is 10.2 Å². The molecule has 0 spiro atoms. The first-order valence-corrected chi connectivity index (χ1v) is 37.4. The molecule has 0 radical (unpaired) electrons. The van der Waals surface area contributed by atoms with Gasteiger partial charge in [0.15, 0.2) is 25.2 Å². The van der Waals surface area contributed by atoms with E-state index in [1.165, 1.54) is 13.3 Å². The van der Waals surface area contributed by atoms with Crippen molar-refractivity contribution in [3.8, 4) is 0 Å². The van der Waals surface area contributed by atoms with Crippen LogP contribution in [0.4, 0.5) is 0 Å². The average molecular weight is 1440 g/mol. The zero-order valence-corrected chi connectivity index (χ0v) is 60.8. The molecule has 4 saturated heterocycles. The minimum atomic E-state index is -2.68. The van der Waals surface area contributed by atoms with Crippen LogP contribution in [0.1, 0.15) is 97.6 Å². The molecule has 0 bridgehead atoms. The first-order chi connectivity index (χ1) is 50.4. The fraction of sp³-hybridized carbons (Fsp3) is 0.476. The summed E-state index contributed by atoms with van der Waals surface area (Å²) in [4.78, 5) is 27.9. The maximum Gasteiger partial charge on any atom is 0.217 e. The standard InChI is InChI=1S/C82H103N2O18P/c1-6-7-8-9-10-32-48-88-81-77(92-54-64-41-26-15-27-42-64)75(91-53-63-39-24-14-25-40-63)72(67(98-81)56-87-50-60-33-18-11-19-34-60)101-82-78(93-55-65-43-28-16-29-44-65)76(73-68(99-82)57-94-79(100-73)66-45-30-17-31-46-66)102-80-70(83-59(2)85)74(90-52-62-37-22-13-23-38-62)71(89-51-61-35-20-12-21-36-61)69(97-80)58-96-103(86)95-49-47-84(3,4)5/h11-31,33-46,67-82H,6-10,32,47-58H2,1-5H3,(H,83,85)/t67-,68-,69-,70-,71-,72-,73-,74-,75+,76+,77-,78+,79?,80+,81-,82+,103?/m1/s1. The van der Waals surface area contributed by atoms with Crippen molar-refractivity contribution in [1.29, 1.82) is 0 Å². The highest BCUT2D eigenvalue weighted by molar-refractivity contribution is 7.39. The molecule has 7 aromatic carbocycles. The molecule has 554 valence electrons. The number of carbonyl (C=O) groups is 1. The van der Waals surface area contributed by atoms with E-state index in [4.69, 9.17) is 75.4 Å². The fourth-order valence-electron chi connectivity index (χ4n) is 13.0. The third kappa shape index (κ3) is 24.1. The van der Waals surface area contributed by atoms with Gasteiger partial charge in [0.2, 0.25) is 5.91 Å². The van der Waals surface area contributed by atoms with Gasteiger partial charge in [-0.15, -0.1) is 0 Å². The molecule has 1 amide bonds. The number of carbonyl (C=O) groups excluding carboxylic acids is 1. The van der Waals surface area contributed by atoms with Crippen LogP contribution in [-0.2, 0) is 120 Å². The third-order valence-electron chi connectivity index (χ3n) is 18.4. The maximum atomic E-state index is 14.0. The molecular formula is C82H103N2O18P. The molecule has 0 aromatic heterocycles. The van der Waals surface area contributed by atoms with Crippen LogP contribution >= 0.6 is 8.60 Å². The molecule has 4 heterocycles. The Kier molecular flexibility index (Phi) is 31.0. The number of amides is 1. The Morgan fingerprint density at radius 2 is 0.903 bits per heavy atom. The van der Waals surface area contributed by atoms with E-state index in [-0.39, 0.29) is 66.1 Å². The Hall–Kier alpha value is -6.28. The Morgan fingerprint density at radius 1 is 0.456 bits per heavy atom. The van der Waals surface area contributed by atoms with Crippen molar-refractivity contribution >= 4 is 14.5 Å². The van der Waals surface area contributed by atoms with Crippen molar-refractivity contribution < 1.29 is 89.5 Å². The maximum absolute atomic E-state index is 14.0. The smallest absolute Gasteiger partial charge is 0.217 e. The van der Waals surface area contributed by atoms with Gasteiger partial charge in [0.25, 0.3) is 0 Å². The molecule has 4 aliphatic rings. The lowest BCUT2D eigenvalue weighted by Crippen LogP contribution is -2.70. The Labute approximate surface area is 608 Å². The van der Waals surface area contributed by atoms with Gasteiger partial charge in [-0.1, -0.05) is 251 Å². The van der Waals surface area contributed by atoms with E-state index in [9.17, 15) is 9.69 Å². The topological polar surface area (TPSA) is 200 Å². The number of benzene rings is 7. The van der Waals surface area contributed by atoms with Gasteiger partial charge in [0, 0.05) is 19.1 Å². The molecule has 21 heteroatoms. The van der Waals surface area contributed by atoms with Crippen molar-refractivity contribution in [2.45, 2.75) is 190 Å². The van der Waals surface area contributed by atoms with Crippen LogP contribution in [0.5, 0.6) is 0 Å². The molecule has 4 fully saturated rings. The highest BCUT2D eigenvalue weighted by atomic mass is 31.2. The number of likely N-dealkylation sites (N-methyl/N-ethyl adjacent to an activating group) is 1. The largest absolute Gasteiger partial charge is 0.786 e. The number of ether oxygens (including phenoxy) is 14. The van der Waals surface area contributed by atoms with Gasteiger partial charge in [-0.05, 0) is 39.8 Å². The predicted octanol–water partition coefficient (Wildman–Crippen LogP) is 12.4. The Balaban J connectivity index is 1.02. The average Bonchev–Trinajstić information content (AvgIpc) is 0.756. The first kappa shape index (κ1) is 77.8. The van der Waals surface area contributed by atoms with Gasteiger partial charge < -0.3 is 90.1 Å². The van der Waals surface area contributed by atoms with Crippen LogP contribution in [-0.4, -0.2) is 163 Å². The second-order valence-electron chi connectivity index (χ2n) is 27.5. The zero-order chi connectivity index (χ0) is 71.4. The zero-order valence-electron chi connectivity index (χ0n) is 59.9. The van der Waals surface area contributed by atoms with Gasteiger partial charge in [-0.3, -0.25) is 4.79 Å². The first-order valence-electron chi connectivity index (χ1n) is 36.3. The van der Waals surface area contributed by atoms with E-state index in [0.717, 1.165) is 71.0 Å². The third-order valence-corrected chi connectivity index (χ3v) is 19.2. The molecule has 7 aromatic rings.